The van der Waals surface area contributed by atoms with Gasteiger partial charge in [-0.3, -0.25) is 4.79 Å². The Balaban J connectivity index is 1.76. The van der Waals surface area contributed by atoms with E-state index in [0.717, 1.165) is 18.6 Å². The molecule has 0 N–H and O–H groups in total. The highest BCUT2D eigenvalue weighted by Crippen LogP contribution is 2.31. The lowest BCUT2D eigenvalue weighted by molar-refractivity contribution is -0.137. The molecule has 24 heavy (non-hydrogen) atoms. The molecule has 0 unspecified atom stereocenters. The summed E-state index contributed by atoms with van der Waals surface area (Å²) in [5.74, 6) is -0.171. The summed E-state index contributed by atoms with van der Waals surface area (Å²) in [5.41, 5.74) is 0.173. The van der Waals surface area contributed by atoms with Gasteiger partial charge in [0.1, 0.15) is 10.7 Å². The standard InChI is InChI=1S/C16H15F3N2O2S/c17-16(18,19)12-4-2-11(3-5-12)14-20-13(10-24-14)15(22)21-6-1-8-23-9-7-21/h2-5,10H,1,6-9H2. The number of hydrogen-bond donors (Lipinski definition) is 0. The van der Waals surface area contributed by atoms with Crippen molar-refractivity contribution in [2.45, 2.75) is 12.6 Å². The molecule has 0 bridgehead atoms. The molecule has 128 valence electrons. The number of benzene rings is 1. The van der Waals surface area contributed by atoms with Crippen molar-refractivity contribution in [3.8, 4) is 10.6 Å². The molecule has 1 aliphatic rings. The highest BCUT2D eigenvalue weighted by Gasteiger charge is 2.30. The van der Waals surface area contributed by atoms with Crippen molar-refractivity contribution >= 4 is 17.2 Å². The number of carbonyl (C=O) groups excluding carboxylic acids is 1. The average Bonchev–Trinajstić information content (AvgIpc) is 2.89. The summed E-state index contributed by atoms with van der Waals surface area (Å²) in [6, 6.07) is 4.78. The number of carbonyl (C=O) groups is 1. The van der Waals surface area contributed by atoms with E-state index in [1.165, 1.54) is 23.5 Å². The van der Waals surface area contributed by atoms with Gasteiger partial charge in [-0.15, -0.1) is 11.3 Å². The minimum absolute atomic E-state index is 0.171. The lowest BCUT2D eigenvalue weighted by Gasteiger charge is -2.17. The van der Waals surface area contributed by atoms with Crippen molar-refractivity contribution in [3.63, 3.8) is 0 Å². The fourth-order valence-corrected chi connectivity index (χ4v) is 3.22. The van der Waals surface area contributed by atoms with Crippen LogP contribution in [-0.2, 0) is 10.9 Å². The maximum Gasteiger partial charge on any atom is 0.416 e. The second-order valence-electron chi connectivity index (χ2n) is 5.37. The first-order valence-electron chi connectivity index (χ1n) is 7.45. The molecule has 1 fully saturated rings. The predicted molar refractivity (Wildman–Crippen MR) is 83.9 cm³/mol. The summed E-state index contributed by atoms with van der Waals surface area (Å²) in [6.07, 6.45) is -3.58. The van der Waals surface area contributed by atoms with Crippen LogP contribution in [0.1, 0.15) is 22.5 Å². The van der Waals surface area contributed by atoms with Gasteiger partial charge in [-0.2, -0.15) is 13.2 Å². The van der Waals surface area contributed by atoms with Crippen LogP contribution in [-0.4, -0.2) is 42.1 Å². The van der Waals surface area contributed by atoms with Gasteiger partial charge in [-0.1, -0.05) is 12.1 Å². The molecule has 2 heterocycles. The van der Waals surface area contributed by atoms with Crippen molar-refractivity contribution in [1.82, 2.24) is 9.88 Å². The van der Waals surface area contributed by atoms with Crippen molar-refractivity contribution < 1.29 is 22.7 Å². The van der Waals surface area contributed by atoms with Crippen LogP contribution in [0.4, 0.5) is 13.2 Å². The lowest BCUT2D eigenvalue weighted by Crippen LogP contribution is -2.33. The Labute approximate surface area is 140 Å². The zero-order valence-corrected chi connectivity index (χ0v) is 13.5. The summed E-state index contributed by atoms with van der Waals surface area (Å²) < 4.78 is 43.1. The summed E-state index contributed by atoms with van der Waals surface area (Å²) >= 11 is 1.24. The summed E-state index contributed by atoms with van der Waals surface area (Å²) in [6.45, 7) is 2.28. The van der Waals surface area contributed by atoms with Gasteiger partial charge in [0.15, 0.2) is 0 Å². The maximum atomic E-state index is 12.6. The van der Waals surface area contributed by atoms with Gasteiger partial charge in [0.2, 0.25) is 0 Å². The summed E-state index contributed by atoms with van der Waals surface area (Å²) in [7, 11) is 0. The van der Waals surface area contributed by atoms with Gasteiger partial charge in [0.05, 0.1) is 12.2 Å². The van der Waals surface area contributed by atoms with Crippen LogP contribution in [0.2, 0.25) is 0 Å². The number of nitrogens with zero attached hydrogens (tertiary/aromatic N) is 2. The van der Waals surface area contributed by atoms with Crippen LogP contribution < -0.4 is 0 Å². The molecule has 1 amide bonds. The Bertz CT molecular complexity index is 705. The Morgan fingerprint density at radius 1 is 1.17 bits per heavy atom. The predicted octanol–water partition coefficient (Wildman–Crippen LogP) is 3.69. The van der Waals surface area contributed by atoms with E-state index in [0.29, 0.717) is 42.6 Å². The largest absolute Gasteiger partial charge is 0.416 e. The van der Waals surface area contributed by atoms with Gasteiger partial charge in [0, 0.05) is 30.6 Å². The average molecular weight is 356 g/mol. The first-order chi connectivity index (χ1) is 11.4. The van der Waals surface area contributed by atoms with Crippen molar-refractivity contribution in [1.29, 1.82) is 0 Å². The molecule has 0 aliphatic carbocycles. The molecule has 0 saturated carbocycles. The van der Waals surface area contributed by atoms with Gasteiger partial charge >= 0.3 is 6.18 Å². The second kappa shape index (κ2) is 6.90. The molecule has 1 saturated heterocycles. The first kappa shape index (κ1) is 16.9. The minimum atomic E-state index is -4.36. The number of aromatic nitrogens is 1. The van der Waals surface area contributed by atoms with Gasteiger partial charge in [0.25, 0.3) is 5.91 Å². The zero-order valence-electron chi connectivity index (χ0n) is 12.7. The molecule has 4 nitrogen and oxygen atoms in total. The zero-order chi connectivity index (χ0) is 17.2. The van der Waals surface area contributed by atoms with E-state index in [4.69, 9.17) is 4.74 Å². The Hall–Kier alpha value is -1.93. The summed E-state index contributed by atoms with van der Waals surface area (Å²) in [4.78, 5) is 18.4. The molecule has 0 spiro atoms. The van der Waals surface area contributed by atoms with Crippen LogP contribution in [0.5, 0.6) is 0 Å². The minimum Gasteiger partial charge on any atom is -0.380 e. The molecular formula is C16H15F3N2O2S. The highest BCUT2D eigenvalue weighted by molar-refractivity contribution is 7.13. The molecule has 3 rings (SSSR count). The molecule has 0 radical (unpaired) electrons. The van der Waals surface area contributed by atoms with E-state index in [9.17, 15) is 18.0 Å². The number of alkyl halides is 3. The van der Waals surface area contributed by atoms with Crippen LogP contribution in [0.25, 0.3) is 10.6 Å². The van der Waals surface area contributed by atoms with Crippen molar-refractivity contribution in [2.24, 2.45) is 0 Å². The second-order valence-corrected chi connectivity index (χ2v) is 6.23. The number of rotatable bonds is 2. The smallest absolute Gasteiger partial charge is 0.380 e. The Morgan fingerprint density at radius 2 is 1.92 bits per heavy atom. The van der Waals surface area contributed by atoms with Gasteiger partial charge in [-0.25, -0.2) is 4.98 Å². The van der Waals surface area contributed by atoms with Gasteiger partial charge < -0.3 is 9.64 Å². The van der Waals surface area contributed by atoms with E-state index in [-0.39, 0.29) is 5.91 Å². The number of ether oxygens (including phenoxy) is 1. The highest BCUT2D eigenvalue weighted by atomic mass is 32.1. The van der Waals surface area contributed by atoms with Crippen LogP contribution >= 0.6 is 11.3 Å². The fraction of sp³-hybridized carbons (Fsp3) is 0.375. The molecule has 1 aromatic carbocycles. The Morgan fingerprint density at radius 3 is 2.62 bits per heavy atom. The number of thiazole rings is 1. The monoisotopic (exact) mass is 356 g/mol. The molecule has 0 atom stereocenters. The van der Waals surface area contributed by atoms with Gasteiger partial charge in [-0.05, 0) is 18.6 Å². The van der Waals surface area contributed by atoms with Crippen molar-refractivity contribution in [2.75, 3.05) is 26.3 Å². The molecular weight excluding hydrogens is 341 g/mol. The molecule has 2 aromatic rings. The van der Waals surface area contributed by atoms with E-state index in [2.05, 4.69) is 4.98 Å². The summed E-state index contributed by atoms with van der Waals surface area (Å²) in [5, 5.41) is 2.17. The third kappa shape index (κ3) is 3.76. The third-order valence-electron chi connectivity index (χ3n) is 3.69. The molecule has 1 aromatic heterocycles. The van der Waals surface area contributed by atoms with E-state index in [1.54, 1.807) is 10.3 Å². The van der Waals surface area contributed by atoms with Crippen LogP contribution in [0.3, 0.4) is 0 Å². The third-order valence-corrected chi connectivity index (χ3v) is 4.58. The quantitative estimate of drug-likeness (QED) is 0.824. The topological polar surface area (TPSA) is 42.4 Å². The number of amides is 1. The molecule has 8 heteroatoms. The normalized spacial score (nSPS) is 16.0. The van der Waals surface area contributed by atoms with E-state index >= 15 is 0 Å². The van der Waals surface area contributed by atoms with Crippen LogP contribution in [0.15, 0.2) is 29.6 Å². The Kier molecular flexibility index (Phi) is 4.86. The van der Waals surface area contributed by atoms with Crippen LogP contribution in [0, 0.1) is 0 Å². The number of hydrogen-bond acceptors (Lipinski definition) is 4. The fourth-order valence-electron chi connectivity index (χ4n) is 2.42. The number of halogens is 3. The molecule has 1 aliphatic heterocycles. The van der Waals surface area contributed by atoms with Crippen molar-refractivity contribution in [3.05, 3.63) is 40.9 Å². The maximum absolute atomic E-state index is 12.6. The van der Waals surface area contributed by atoms with E-state index in [1.807, 2.05) is 0 Å². The SMILES string of the molecule is O=C(c1csc(-c2ccc(C(F)(F)F)cc2)n1)N1CCCOCC1. The first-order valence-corrected chi connectivity index (χ1v) is 8.33. The van der Waals surface area contributed by atoms with E-state index < -0.39 is 11.7 Å². The lowest BCUT2D eigenvalue weighted by atomic mass is 10.1.